The summed E-state index contributed by atoms with van der Waals surface area (Å²) in [5, 5.41) is 16.7. The Hall–Kier alpha value is -1.62. The second-order valence-corrected chi connectivity index (χ2v) is 4.45. The number of hydrogen-bond donors (Lipinski definition) is 2. The molecule has 92 valence electrons. The summed E-state index contributed by atoms with van der Waals surface area (Å²) in [5.41, 5.74) is 0.650. The molecule has 2 aromatic heterocycles. The maximum Gasteiger partial charge on any atom is 0.243 e. The van der Waals surface area contributed by atoms with Gasteiger partial charge in [0.1, 0.15) is 0 Å². The van der Waals surface area contributed by atoms with Crippen molar-refractivity contribution in [3.8, 4) is 0 Å². The normalized spacial score (nSPS) is 14.8. The highest BCUT2D eigenvalue weighted by atomic mass is 16.3. The molecule has 0 aliphatic rings. The first kappa shape index (κ1) is 11.9. The Morgan fingerprint density at radius 3 is 2.94 bits per heavy atom. The highest BCUT2D eigenvalue weighted by Crippen LogP contribution is 2.19. The molecule has 5 heteroatoms. The van der Waals surface area contributed by atoms with E-state index < -0.39 is 0 Å². The number of aliphatic hydroxyl groups excluding tert-OH is 1. The summed E-state index contributed by atoms with van der Waals surface area (Å²) in [5.74, 6) is 0.606. The first-order chi connectivity index (χ1) is 8.17. The minimum Gasteiger partial charge on any atom is -0.396 e. The predicted molar refractivity (Wildman–Crippen MR) is 67.0 cm³/mol. The third-order valence-electron chi connectivity index (χ3n) is 3.10. The monoisotopic (exact) mass is 234 g/mol. The number of fused-ring (bicyclic) bond motifs is 1. The lowest BCUT2D eigenvalue weighted by Crippen LogP contribution is -2.35. The Kier molecular flexibility index (Phi) is 3.28. The van der Waals surface area contributed by atoms with Crippen molar-refractivity contribution in [2.45, 2.75) is 32.2 Å². The van der Waals surface area contributed by atoms with Crippen molar-refractivity contribution in [1.82, 2.24) is 14.6 Å². The molecule has 2 aromatic rings. The van der Waals surface area contributed by atoms with Crippen molar-refractivity contribution in [2.24, 2.45) is 0 Å². The molecule has 0 aliphatic carbocycles. The lowest BCUT2D eigenvalue weighted by molar-refractivity contribution is 0.251. The molecule has 5 nitrogen and oxygen atoms in total. The lowest BCUT2D eigenvalue weighted by atomic mass is 9.95. The summed E-state index contributed by atoms with van der Waals surface area (Å²) >= 11 is 0. The van der Waals surface area contributed by atoms with Gasteiger partial charge in [0, 0.05) is 18.3 Å². The Labute approximate surface area is 100 Å². The molecule has 1 atom stereocenters. The van der Waals surface area contributed by atoms with Crippen molar-refractivity contribution in [1.29, 1.82) is 0 Å². The summed E-state index contributed by atoms with van der Waals surface area (Å²) in [6, 6.07) is 5.76. The Bertz CT molecular complexity index is 463. The molecule has 2 N–H and O–H groups in total. The van der Waals surface area contributed by atoms with Crippen molar-refractivity contribution in [3.05, 3.63) is 24.4 Å². The van der Waals surface area contributed by atoms with Gasteiger partial charge in [-0.1, -0.05) is 13.0 Å². The van der Waals surface area contributed by atoms with Crippen LogP contribution in [0.15, 0.2) is 24.4 Å². The topological polar surface area (TPSA) is 62.5 Å². The molecular formula is C12H18N4O. The average Bonchev–Trinajstić information content (AvgIpc) is 2.71. The van der Waals surface area contributed by atoms with Crippen molar-refractivity contribution >= 4 is 11.6 Å². The molecule has 2 rings (SSSR count). The van der Waals surface area contributed by atoms with Crippen LogP contribution in [0.1, 0.15) is 26.7 Å². The third-order valence-corrected chi connectivity index (χ3v) is 3.10. The van der Waals surface area contributed by atoms with Gasteiger partial charge in [0.05, 0.1) is 0 Å². The Morgan fingerprint density at radius 2 is 2.29 bits per heavy atom. The maximum atomic E-state index is 9.06. The third kappa shape index (κ3) is 2.55. The Morgan fingerprint density at radius 1 is 1.47 bits per heavy atom. The van der Waals surface area contributed by atoms with E-state index in [1.807, 2.05) is 24.4 Å². The molecule has 0 amide bonds. The summed E-state index contributed by atoms with van der Waals surface area (Å²) in [4.78, 5) is 4.39. The predicted octanol–water partition coefficient (Wildman–Crippen LogP) is 1.69. The van der Waals surface area contributed by atoms with Gasteiger partial charge >= 0.3 is 0 Å². The first-order valence-corrected chi connectivity index (χ1v) is 5.87. The van der Waals surface area contributed by atoms with Crippen LogP contribution in [0.4, 0.5) is 5.95 Å². The molecule has 0 aliphatic heterocycles. The zero-order chi connectivity index (χ0) is 12.3. The fourth-order valence-electron chi connectivity index (χ4n) is 1.73. The number of aliphatic hydroxyl groups is 1. The van der Waals surface area contributed by atoms with Crippen LogP contribution in [0.2, 0.25) is 0 Å². The molecule has 17 heavy (non-hydrogen) atoms. The zero-order valence-corrected chi connectivity index (χ0v) is 10.2. The quantitative estimate of drug-likeness (QED) is 0.826. The molecule has 0 bridgehead atoms. The smallest absolute Gasteiger partial charge is 0.243 e. The number of anilines is 1. The van der Waals surface area contributed by atoms with E-state index >= 15 is 0 Å². The van der Waals surface area contributed by atoms with E-state index in [4.69, 9.17) is 5.11 Å². The minimum absolute atomic E-state index is 0.157. The van der Waals surface area contributed by atoms with Crippen LogP contribution < -0.4 is 5.32 Å². The molecule has 0 spiro atoms. The fraction of sp³-hybridized carbons (Fsp3) is 0.500. The van der Waals surface area contributed by atoms with Gasteiger partial charge in [0.25, 0.3) is 0 Å². The van der Waals surface area contributed by atoms with Gasteiger partial charge in [-0.15, -0.1) is 5.10 Å². The molecule has 0 aromatic carbocycles. The highest BCUT2D eigenvalue weighted by Gasteiger charge is 2.22. The fourth-order valence-corrected chi connectivity index (χ4v) is 1.73. The summed E-state index contributed by atoms with van der Waals surface area (Å²) in [6.45, 7) is 4.30. The molecule has 0 fully saturated rings. The van der Waals surface area contributed by atoms with Gasteiger partial charge in [-0.25, -0.2) is 4.52 Å². The molecule has 0 saturated carbocycles. The van der Waals surface area contributed by atoms with Gasteiger partial charge in [0.2, 0.25) is 5.95 Å². The molecule has 0 saturated heterocycles. The van der Waals surface area contributed by atoms with Gasteiger partial charge < -0.3 is 10.4 Å². The van der Waals surface area contributed by atoms with E-state index in [9.17, 15) is 0 Å². The van der Waals surface area contributed by atoms with Gasteiger partial charge in [-0.05, 0) is 31.9 Å². The molecule has 0 radical (unpaired) electrons. The van der Waals surface area contributed by atoms with E-state index in [0.717, 1.165) is 12.1 Å². The summed E-state index contributed by atoms with van der Waals surface area (Å²) in [6.07, 6.45) is 3.45. The van der Waals surface area contributed by atoms with Crippen LogP contribution in [-0.4, -0.2) is 31.9 Å². The van der Waals surface area contributed by atoms with E-state index in [1.165, 1.54) is 0 Å². The van der Waals surface area contributed by atoms with Gasteiger partial charge in [-0.2, -0.15) is 4.98 Å². The van der Waals surface area contributed by atoms with Crippen molar-refractivity contribution in [2.75, 3.05) is 11.9 Å². The summed E-state index contributed by atoms with van der Waals surface area (Å²) in [7, 11) is 0. The van der Waals surface area contributed by atoms with Crippen LogP contribution in [0.25, 0.3) is 5.65 Å². The van der Waals surface area contributed by atoms with Crippen molar-refractivity contribution < 1.29 is 5.11 Å². The number of aromatic nitrogens is 3. The number of nitrogens with one attached hydrogen (secondary N) is 1. The van der Waals surface area contributed by atoms with E-state index in [-0.39, 0.29) is 12.1 Å². The number of nitrogens with zero attached hydrogens (tertiary/aromatic N) is 3. The number of pyridine rings is 1. The van der Waals surface area contributed by atoms with Crippen LogP contribution in [0.5, 0.6) is 0 Å². The standard InChI is InChI=1S/C12H18N4O/c1-3-12(2,7-9-17)14-11-13-10-6-4-5-8-16(10)15-11/h4-6,8,17H,3,7,9H2,1-2H3,(H,14,15). The number of rotatable bonds is 5. The van der Waals surface area contributed by atoms with E-state index in [1.54, 1.807) is 4.52 Å². The first-order valence-electron chi connectivity index (χ1n) is 5.87. The Balaban J connectivity index is 2.22. The largest absolute Gasteiger partial charge is 0.396 e. The number of hydrogen-bond acceptors (Lipinski definition) is 4. The SMILES string of the molecule is CCC(C)(CCO)Nc1nc2ccccn2n1. The molecule has 2 heterocycles. The molecule has 1 unspecified atom stereocenters. The van der Waals surface area contributed by atoms with Crippen LogP contribution in [-0.2, 0) is 0 Å². The lowest BCUT2D eigenvalue weighted by Gasteiger charge is -2.28. The zero-order valence-electron chi connectivity index (χ0n) is 10.2. The van der Waals surface area contributed by atoms with Crippen molar-refractivity contribution in [3.63, 3.8) is 0 Å². The van der Waals surface area contributed by atoms with Crippen LogP contribution in [0, 0.1) is 0 Å². The highest BCUT2D eigenvalue weighted by molar-refractivity contribution is 5.43. The van der Waals surface area contributed by atoms with Crippen LogP contribution >= 0.6 is 0 Å². The second kappa shape index (κ2) is 4.71. The average molecular weight is 234 g/mol. The van der Waals surface area contributed by atoms with Gasteiger partial charge in [-0.3, -0.25) is 0 Å². The van der Waals surface area contributed by atoms with Gasteiger partial charge in [0.15, 0.2) is 5.65 Å². The molecular weight excluding hydrogens is 216 g/mol. The minimum atomic E-state index is -0.167. The van der Waals surface area contributed by atoms with E-state index in [2.05, 4.69) is 29.2 Å². The van der Waals surface area contributed by atoms with Crippen LogP contribution in [0.3, 0.4) is 0 Å². The van der Waals surface area contributed by atoms with E-state index in [0.29, 0.717) is 12.4 Å². The second-order valence-electron chi connectivity index (χ2n) is 4.45. The summed E-state index contributed by atoms with van der Waals surface area (Å²) < 4.78 is 1.73. The maximum absolute atomic E-state index is 9.06.